The molecule has 10 heteroatoms. The molecule has 0 radical (unpaired) electrons. The molecule has 28 heavy (non-hydrogen) atoms. The summed E-state index contributed by atoms with van der Waals surface area (Å²) in [5.74, 6) is -1.10. The predicted molar refractivity (Wildman–Crippen MR) is 91.2 cm³/mol. The van der Waals surface area contributed by atoms with Crippen LogP contribution in [-0.2, 0) is 12.4 Å². The van der Waals surface area contributed by atoms with Gasteiger partial charge in [0.15, 0.2) is 0 Å². The van der Waals surface area contributed by atoms with Crippen LogP contribution >= 0.6 is 11.6 Å². The fraction of sp³-hybridized carbons (Fsp3) is 0.611. The molecular formula is C18H19ClF6N2O. The zero-order valence-corrected chi connectivity index (χ0v) is 15.5. The van der Waals surface area contributed by atoms with Gasteiger partial charge in [-0.3, -0.25) is 9.69 Å². The zero-order valence-electron chi connectivity index (χ0n) is 14.8. The Bertz CT molecular complexity index is 743. The van der Waals surface area contributed by atoms with Crippen LogP contribution in [0.5, 0.6) is 0 Å². The Morgan fingerprint density at radius 2 is 1.64 bits per heavy atom. The van der Waals surface area contributed by atoms with Crippen molar-refractivity contribution in [1.82, 2.24) is 10.2 Å². The van der Waals surface area contributed by atoms with Crippen LogP contribution in [0.4, 0.5) is 26.3 Å². The molecule has 156 valence electrons. The van der Waals surface area contributed by atoms with E-state index in [1.165, 1.54) is 0 Å². The standard InChI is InChI=1S/C18H19ClF6N2O/c19-12-9-10(17(20,21)22)8-11(18(23,24)25)15(12)16(28)26-13-4-3-5-14(13)27-6-1-2-7-27/h8-9,13-14H,1-7H2,(H,26,28)/t13-,14+/m0/s1. The minimum atomic E-state index is -5.15. The summed E-state index contributed by atoms with van der Waals surface area (Å²) in [6.45, 7) is 1.73. The molecule has 2 fully saturated rings. The summed E-state index contributed by atoms with van der Waals surface area (Å²) >= 11 is 5.72. The number of alkyl halides is 6. The average molecular weight is 429 g/mol. The number of hydrogen-bond acceptors (Lipinski definition) is 2. The van der Waals surface area contributed by atoms with Crippen LogP contribution in [0, 0.1) is 0 Å². The maximum atomic E-state index is 13.4. The Kier molecular flexibility index (Phi) is 5.87. The van der Waals surface area contributed by atoms with Crippen molar-refractivity contribution in [2.24, 2.45) is 0 Å². The molecule has 1 aliphatic heterocycles. The van der Waals surface area contributed by atoms with Crippen LogP contribution in [0.1, 0.15) is 53.6 Å². The second-order valence-electron chi connectivity index (χ2n) is 7.20. The maximum Gasteiger partial charge on any atom is 0.417 e. The van der Waals surface area contributed by atoms with Crippen molar-refractivity contribution in [2.75, 3.05) is 13.1 Å². The van der Waals surface area contributed by atoms with E-state index < -0.39 is 40.0 Å². The van der Waals surface area contributed by atoms with Gasteiger partial charge in [-0.15, -0.1) is 0 Å². The maximum absolute atomic E-state index is 13.4. The molecule has 1 heterocycles. The first-order valence-corrected chi connectivity index (χ1v) is 9.39. The van der Waals surface area contributed by atoms with Crippen LogP contribution in [0.2, 0.25) is 5.02 Å². The number of halogens is 7. The number of carbonyl (C=O) groups is 1. The lowest BCUT2D eigenvalue weighted by molar-refractivity contribution is -0.143. The zero-order chi connectivity index (χ0) is 20.7. The van der Waals surface area contributed by atoms with Crippen LogP contribution in [0.3, 0.4) is 0 Å². The number of carbonyl (C=O) groups excluding carboxylic acids is 1. The van der Waals surface area contributed by atoms with Crippen molar-refractivity contribution < 1.29 is 31.1 Å². The highest BCUT2D eigenvalue weighted by Crippen LogP contribution is 2.40. The second-order valence-corrected chi connectivity index (χ2v) is 7.60. The van der Waals surface area contributed by atoms with Crippen molar-refractivity contribution >= 4 is 17.5 Å². The number of benzene rings is 1. The Balaban J connectivity index is 1.90. The highest BCUT2D eigenvalue weighted by Gasteiger charge is 2.42. The van der Waals surface area contributed by atoms with Crippen LogP contribution in [-0.4, -0.2) is 36.0 Å². The van der Waals surface area contributed by atoms with E-state index in [1.54, 1.807) is 0 Å². The molecule has 3 rings (SSSR count). The summed E-state index contributed by atoms with van der Waals surface area (Å²) < 4.78 is 78.8. The van der Waals surface area contributed by atoms with Gasteiger partial charge in [0.1, 0.15) is 0 Å². The van der Waals surface area contributed by atoms with Gasteiger partial charge in [-0.05, 0) is 57.3 Å². The topological polar surface area (TPSA) is 32.3 Å². The summed E-state index contributed by atoms with van der Waals surface area (Å²) in [6, 6.07) is -0.0369. The largest absolute Gasteiger partial charge is 0.417 e. The molecule has 2 atom stereocenters. The molecule has 3 nitrogen and oxygen atoms in total. The first kappa shape index (κ1) is 21.2. The van der Waals surface area contributed by atoms with Crippen LogP contribution in [0.15, 0.2) is 12.1 Å². The lowest BCUT2D eigenvalue weighted by Gasteiger charge is -2.30. The van der Waals surface area contributed by atoms with E-state index in [4.69, 9.17) is 11.6 Å². The molecule has 1 amide bonds. The Morgan fingerprint density at radius 1 is 1.00 bits per heavy atom. The average Bonchev–Trinajstić information content (AvgIpc) is 3.23. The third-order valence-electron chi connectivity index (χ3n) is 5.36. The number of nitrogens with one attached hydrogen (secondary N) is 1. The van der Waals surface area contributed by atoms with E-state index in [0.717, 1.165) is 38.8 Å². The molecule has 0 spiro atoms. The molecule has 1 aliphatic carbocycles. The molecule has 2 aliphatic rings. The number of rotatable bonds is 3. The predicted octanol–water partition coefficient (Wildman–Crippen LogP) is 5.12. The van der Waals surface area contributed by atoms with E-state index in [2.05, 4.69) is 10.2 Å². The summed E-state index contributed by atoms with van der Waals surface area (Å²) in [5.41, 5.74) is -4.19. The summed E-state index contributed by atoms with van der Waals surface area (Å²) in [4.78, 5) is 14.8. The molecule has 1 aromatic rings. The fourth-order valence-corrected chi connectivity index (χ4v) is 4.39. The van der Waals surface area contributed by atoms with Gasteiger partial charge in [0, 0.05) is 12.1 Å². The molecule has 1 aromatic carbocycles. The van der Waals surface area contributed by atoms with E-state index >= 15 is 0 Å². The highest BCUT2D eigenvalue weighted by atomic mass is 35.5. The van der Waals surface area contributed by atoms with Gasteiger partial charge in [0.2, 0.25) is 0 Å². The molecule has 0 unspecified atom stereocenters. The number of hydrogen-bond donors (Lipinski definition) is 1. The Hall–Kier alpha value is -1.48. The van der Waals surface area contributed by atoms with Gasteiger partial charge in [-0.1, -0.05) is 11.6 Å². The van der Waals surface area contributed by atoms with Crippen molar-refractivity contribution in [1.29, 1.82) is 0 Å². The van der Waals surface area contributed by atoms with Crippen molar-refractivity contribution in [3.63, 3.8) is 0 Å². The van der Waals surface area contributed by atoms with Crippen LogP contribution in [0.25, 0.3) is 0 Å². The van der Waals surface area contributed by atoms with Gasteiger partial charge in [0.25, 0.3) is 5.91 Å². The molecule has 1 saturated heterocycles. The third kappa shape index (κ3) is 4.40. The number of likely N-dealkylation sites (tertiary alicyclic amines) is 1. The molecule has 0 aromatic heterocycles. The fourth-order valence-electron chi connectivity index (χ4n) is 4.08. The minimum Gasteiger partial charge on any atom is -0.348 e. The third-order valence-corrected chi connectivity index (χ3v) is 5.65. The van der Waals surface area contributed by atoms with Crippen molar-refractivity contribution in [3.8, 4) is 0 Å². The molecular weight excluding hydrogens is 410 g/mol. The smallest absolute Gasteiger partial charge is 0.348 e. The lowest BCUT2D eigenvalue weighted by Crippen LogP contribution is -2.48. The Labute approximate surface area is 163 Å². The highest BCUT2D eigenvalue weighted by molar-refractivity contribution is 6.34. The summed E-state index contributed by atoms with van der Waals surface area (Å²) in [6.07, 6.45) is -5.86. The van der Waals surface area contributed by atoms with Gasteiger partial charge in [0.05, 0.1) is 21.7 Å². The first-order chi connectivity index (χ1) is 13.0. The van der Waals surface area contributed by atoms with Gasteiger partial charge < -0.3 is 5.32 Å². The number of nitrogens with zero attached hydrogens (tertiary/aromatic N) is 1. The molecule has 0 bridgehead atoms. The van der Waals surface area contributed by atoms with Gasteiger partial charge in [-0.25, -0.2) is 0 Å². The van der Waals surface area contributed by atoms with Gasteiger partial charge in [-0.2, -0.15) is 26.3 Å². The van der Waals surface area contributed by atoms with Crippen molar-refractivity contribution in [2.45, 2.75) is 56.5 Å². The van der Waals surface area contributed by atoms with E-state index in [1.807, 2.05) is 0 Å². The monoisotopic (exact) mass is 428 g/mol. The van der Waals surface area contributed by atoms with E-state index in [-0.39, 0.29) is 18.2 Å². The number of amides is 1. The van der Waals surface area contributed by atoms with E-state index in [0.29, 0.717) is 12.5 Å². The second kappa shape index (κ2) is 7.74. The normalized spacial score (nSPS) is 24.0. The lowest BCUT2D eigenvalue weighted by atomic mass is 10.0. The molecule has 1 N–H and O–H groups in total. The van der Waals surface area contributed by atoms with Gasteiger partial charge >= 0.3 is 12.4 Å². The Morgan fingerprint density at radius 3 is 2.21 bits per heavy atom. The summed E-state index contributed by atoms with van der Waals surface area (Å²) in [7, 11) is 0. The quantitative estimate of drug-likeness (QED) is 0.677. The first-order valence-electron chi connectivity index (χ1n) is 9.01. The van der Waals surface area contributed by atoms with E-state index in [9.17, 15) is 31.1 Å². The molecule has 1 saturated carbocycles. The minimum absolute atomic E-state index is 0.0222. The van der Waals surface area contributed by atoms with Crippen LogP contribution < -0.4 is 5.32 Å². The SMILES string of the molecule is O=C(N[C@H]1CCC[C@H]1N1CCCC1)c1c(Cl)cc(C(F)(F)F)cc1C(F)(F)F. The van der Waals surface area contributed by atoms with Crippen molar-refractivity contribution in [3.05, 3.63) is 33.8 Å². The summed E-state index contributed by atoms with van der Waals surface area (Å²) in [5, 5.41) is 1.72.